The summed E-state index contributed by atoms with van der Waals surface area (Å²) in [5.41, 5.74) is 6.16. The summed E-state index contributed by atoms with van der Waals surface area (Å²) in [6.07, 6.45) is 8.09. The van der Waals surface area contributed by atoms with Crippen molar-refractivity contribution in [3.63, 3.8) is 0 Å². The molecule has 0 bridgehead atoms. The van der Waals surface area contributed by atoms with Crippen LogP contribution in [0, 0.1) is 5.92 Å². The van der Waals surface area contributed by atoms with Crippen LogP contribution in [0.15, 0.2) is 18.2 Å². The van der Waals surface area contributed by atoms with Crippen molar-refractivity contribution in [3.05, 3.63) is 40.7 Å². The first kappa shape index (κ1) is 20.0. The normalized spacial score (nSPS) is 16.4. The van der Waals surface area contributed by atoms with Crippen molar-refractivity contribution in [2.75, 3.05) is 5.32 Å². The Morgan fingerprint density at radius 3 is 2.69 bits per heavy atom. The molecule has 1 aromatic carbocycles. The van der Waals surface area contributed by atoms with E-state index in [0.717, 1.165) is 53.9 Å². The fourth-order valence-electron chi connectivity index (χ4n) is 4.62. The van der Waals surface area contributed by atoms with Crippen molar-refractivity contribution < 1.29 is 9.90 Å². The molecule has 4 rings (SSSR count). The van der Waals surface area contributed by atoms with Crippen LogP contribution in [-0.4, -0.2) is 21.0 Å². The van der Waals surface area contributed by atoms with Gasteiger partial charge in [-0.25, -0.2) is 9.97 Å². The van der Waals surface area contributed by atoms with E-state index in [-0.39, 0.29) is 12.5 Å². The minimum Gasteiger partial charge on any atom is -0.392 e. The molecule has 154 valence electrons. The highest BCUT2D eigenvalue weighted by atomic mass is 16.3. The molecule has 1 amide bonds. The molecule has 1 heterocycles. The quantitative estimate of drug-likeness (QED) is 0.767. The van der Waals surface area contributed by atoms with E-state index < -0.39 is 0 Å². The summed E-state index contributed by atoms with van der Waals surface area (Å²) in [6.45, 7) is 4.16. The maximum absolute atomic E-state index is 12.5. The van der Waals surface area contributed by atoms with E-state index in [9.17, 15) is 9.90 Å². The van der Waals surface area contributed by atoms with Gasteiger partial charge in [0, 0.05) is 17.9 Å². The van der Waals surface area contributed by atoms with Crippen LogP contribution in [0.5, 0.6) is 0 Å². The molecule has 2 N–H and O–H groups in total. The summed E-state index contributed by atoms with van der Waals surface area (Å²) in [5, 5.41) is 12.5. The number of hydrogen-bond acceptors (Lipinski definition) is 4. The lowest BCUT2D eigenvalue weighted by Crippen LogP contribution is -2.21. The van der Waals surface area contributed by atoms with Crippen molar-refractivity contribution in [2.45, 2.75) is 77.7 Å². The summed E-state index contributed by atoms with van der Waals surface area (Å²) in [6, 6.07) is 6.11. The Kier molecular flexibility index (Phi) is 5.95. The topological polar surface area (TPSA) is 75.1 Å². The van der Waals surface area contributed by atoms with Crippen molar-refractivity contribution >= 4 is 11.7 Å². The van der Waals surface area contributed by atoms with Crippen molar-refractivity contribution in [1.29, 1.82) is 0 Å². The largest absolute Gasteiger partial charge is 0.392 e. The molecule has 0 spiro atoms. The Bertz CT molecular complexity index is 901. The molecule has 5 nitrogen and oxygen atoms in total. The molecule has 0 aliphatic heterocycles. The zero-order valence-electron chi connectivity index (χ0n) is 17.5. The second-order valence-electron chi connectivity index (χ2n) is 8.88. The van der Waals surface area contributed by atoms with Gasteiger partial charge in [0.25, 0.3) is 0 Å². The van der Waals surface area contributed by atoms with E-state index >= 15 is 0 Å². The van der Waals surface area contributed by atoms with Gasteiger partial charge in [-0.1, -0.05) is 51.3 Å². The average Bonchev–Trinajstić information content (AvgIpc) is 2.72. The molecule has 0 atom stereocenters. The number of nitrogens with zero attached hydrogens (tertiary/aromatic N) is 2. The molecule has 0 saturated heterocycles. The lowest BCUT2D eigenvalue weighted by molar-refractivity contribution is -0.116. The molecule has 1 fully saturated rings. The summed E-state index contributed by atoms with van der Waals surface area (Å²) < 4.78 is 0. The van der Waals surface area contributed by atoms with Crippen LogP contribution in [0.2, 0.25) is 0 Å². The number of carbonyl (C=O) groups excluding carboxylic acids is 1. The number of aryl methyl sites for hydroxylation is 2. The average molecular weight is 394 g/mol. The highest BCUT2D eigenvalue weighted by Gasteiger charge is 2.27. The number of anilines is 1. The fourth-order valence-corrected chi connectivity index (χ4v) is 4.62. The van der Waals surface area contributed by atoms with Gasteiger partial charge in [0.05, 0.1) is 23.7 Å². The van der Waals surface area contributed by atoms with Gasteiger partial charge >= 0.3 is 0 Å². The Labute approximate surface area is 173 Å². The zero-order valence-corrected chi connectivity index (χ0v) is 17.5. The number of fused-ring (bicyclic) bond motifs is 3. The highest BCUT2D eigenvalue weighted by molar-refractivity contribution is 5.90. The van der Waals surface area contributed by atoms with Crippen LogP contribution in [0.3, 0.4) is 0 Å². The molecule has 2 aromatic rings. The summed E-state index contributed by atoms with van der Waals surface area (Å²) in [7, 11) is 0. The Morgan fingerprint density at radius 1 is 1.17 bits per heavy atom. The molecular formula is C24H31N3O2. The number of carbonyl (C=O) groups is 1. The van der Waals surface area contributed by atoms with Gasteiger partial charge in [-0.3, -0.25) is 4.79 Å². The summed E-state index contributed by atoms with van der Waals surface area (Å²) in [4.78, 5) is 22.6. The van der Waals surface area contributed by atoms with Crippen LogP contribution in [-0.2, 0) is 24.2 Å². The number of benzene rings is 1. The molecule has 2 aliphatic rings. The van der Waals surface area contributed by atoms with E-state index in [1.807, 2.05) is 6.07 Å². The fraction of sp³-hybridized carbons (Fsp3) is 0.542. The monoisotopic (exact) mass is 393 g/mol. The first-order chi connectivity index (χ1) is 14.0. The number of aromatic nitrogens is 2. The third kappa shape index (κ3) is 4.35. The third-order valence-electron chi connectivity index (χ3n) is 6.08. The minimum absolute atomic E-state index is 0.0232. The van der Waals surface area contributed by atoms with Crippen LogP contribution in [0.1, 0.15) is 80.8 Å². The highest BCUT2D eigenvalue weighted by Crippen LogP contribution is 2.39. The smallest absolute Gasteiger partial charge is 0.225 e. The molecular weight excluding hydrogens is 362 g/mol. The first-order valence-electron chi connectivity index (χ1n) is 11.0. The summed E-state index contributed by atoms with van der Waals surface area (Å²) in [5.74, 6) is 1.37. The third-order valence-corrected chi connectivity index (χ3v) is 6.08. The Hall–Kier alpha value is -2.27. The lowest BCUT2D eigenvalue weighted by atomic mass is 9.85. The van der Waals surface area contributed by atoms with Gasteiger partial charge in [0.15, 0.2) is 5.82 Å². The Balaban J connectivity index is 1.75. The van der Waals surface area contributed by atoms with E-state index in [2.05, 4.69) is 31.3 Å². The number of hydrogen-bond donors (Lipinski definition) is 2. The van der Waals surface area contributed by atoms with Crippen LogP contribution >= 0.6 is 0 Å². The van der Waals surface area contributed by atoms with Crippen LogP contribution in [0.25, 0.3) is 11.3 Å². The molecule has 5 heteroatoms. The second kappa shape index (κ2) is 8.62. The van der Waals surface area contributed by atoms with E-state index in [1.165, 1.54) is 24.8 Å². The van der Waals surface area contributed by atoms with Gasteiger partial charge in [-0.15, -0.1) is 0 Å². The van der Waals surface area contributed by atoms with Crippen LogP contribution < -0.4 is 5.32 Å². The standard InChI is InChI=1S/C24H31N3O2/c1-15(2)12-21(29)26-24-22(17-6-4-3-5-7-17)27-23-19-10-8-16(14-28)13-18(19)9-11-20(23)25-24/h8,10,13,15,17,28H,3-7,9,11-12,14H2,1-2H3,(H,25,26,29). The molecule has 29 heavy (non-hydrogen) atoms. The predicted molar refractivity (Wildman–Crippen MR) is 115 cm³/mol. The lowest BCUT2D eigenvalue weighted by Gasteiger charge is -2.26. The van der Waals surface area contributed by atoms with Crippen molar-refractivity contribution in [2.24, 2.45) is 5.92 Å². The van der Waals surface area contributed by atoms with E-state index in [0.29, 0.717) is 24.1 Å². The number of aliphatic hydroxyl groups is 1. The first-order valence-corrected chi connectivity index (χ1v) is 11.0. The van der Waals surface area contributed by atoms with Gasteiger partial charge in [0.1, 0.15) is 0 Å². The number of rotatable bonds is 5. The number of amides is 1. The maximum atomic E-state index is 12.5. The minimum atomic E-state index is 0.0232. The molecule has 0 unspecified atom stereocenters. The van der Waals surface area contributed by atoms with Gasteiger partial charge in [0.2, 0.25) is 5.91 Å². The number of nitrogens with one attached hydrogen (secondary N) is 1. The summed E-state index contributed by atoms with van der Waals surface area (Å²) >= 11 is 0. The molecule has 2 aliphatic carbocycles. The van der Waals surface area contributed by atoms with Crippen molar-refractivity contribution in [3.8, 4) is 11.3 Å². The second-order valence-corrected chi connectivity index (χ2v) is 8.88. The van der Waals surface area contributed by atoms with Crippen molar-refractivity contribution in [1.82, 2.24) is 9.97 Å². The van der Waals surface area contributed by atoms with E-state index in [1.54, 1.807) is 0 Å². The molecule has 1 aromatic heterocycles. The molecule has 1 saturated carbocycles. The number of aliphatic hydroxyl groups excluding tert-OH is 1. The van der Waals surface area contributed by atoms with Crippen LogP contribution in [0.4, 0.5) is 5.82 Å². The Morgan fingerprint density at radius 2 is 1.97 bits per heavy atom. The molecule has 0 radical (unpaired) electrons. The maximum Gasteiger partial charge on any atom is 0.225 e. The van der Waals surface area contributed by atoms with Gasteiger partial charge < -0.3 is 10.4 Å². The SMILES string of the molecule is CC(C)CC(=O)Nc1nc2c(nc1C1CCCCC1)-c1ccc(CO)cc1CC2. The predicted octanol–water partition coefficient (Wildman–Crippen LogP) is 4.77. The zero-order chi connectivity index (χ0) is 20.4. The van der Waals surface area contributed by atoms with Gasteiger partial charge in [-0.2, -0.15) is 0 Å². The van der Waals surface area contributed by atoms with Gasteiger partial charge in [-0.05, 0) is 42.7 Å². The van der Waals surface area contributed by atoms with E-state index in [4.69, 9.17) is 9.97 Å².